The van der Waals surface area contributed by atoms with E-state index >= 15 is 0 Å². The Kier molecular flexibility index (Phi) is 2.79. The van der Waals surface area contributed by atoms with Crippen molar-refractivity contribution < 1.29 is 17.6 Å². The minimum Gasteiger partial charge on any atom is -0.244 e. The second-order valence-corrected chi connectivity index (χ2v) is 3.29. The van der Waals surface area contributed by atoms with Gasteiger partial charge in [-0.2, -0.15) is 5.26 Å². The molecule has 0 bridgehead atoms. The molecule has 0 aromatic heterocycles. The van der Waals surface area contributed by atoms with E-state index in [1.165, 1.54) is 6.07 Å². The van der Waals surface area contributed by atoms with E-state index in [-0.39, 0.29) is 0 Å². The van der Waals surface area contributed by atoms with Crippen LogP contribution in [-0.2, 0) is 0 Å². The van der Waals surface area contributed by atoms with E-state index in [0.717, 1.165) is 6.92 Å². The Hall–Kier alpha value is -0.790. The van der Waals surface area contributed by atoms with E-state index in [1.54, 1.807) is 0 Å². The summed E-state index contributed by atoms with van der Waals surface area (Å²) in [6, 6.07) is 1.25. The molecule has 4 atom stereocenters. The van der Waals surface area contributed by atoms with Crippen molar-refractivity contribution in [2.24, 2.45) is 11.8 Å². The van der Waals surface area contributed by atoms with Crippen molar-refractivity contribution in [2.75, 3.05) is 0 Å². The summed E-state index contributed by atoms with van der Waals surface area (Å²) in [7, 11) is 0. The Labute approximate surface area is 73.3 Å². The van der Waals surface area contributed by atoms with E-state index in [4.69, 9.17) is 5.26 Å². The molecule has 0 N–H and O–H groups in total. The second-order valence-electron chi connectivity index (χ2n) is 3.29. The third-order valence-corrected chi connectivity index (χ3v) is 2.45. The van der Waals surface area contributed by atoms with Crippen LogP contribution < -0.4 is 0 Å². The molecule has 0 radical (unpaired) electrons. The molecule has 0 amide bonds. The zero-order valence-corrected chi connectivity index (χ0v) is 6.92. The highest BCUT2D eigenvalue weighted by Gasteiger charge is 2.51. The van der Waals surface area contributed by atoms with Gasteiger partial charge in [-0.05, 0) is 0 Å². The van der Waals surface area contributed by atoms with Gasteiger partial charge < -0.3 is 0 Å². The summed E-state index contributed by atoms with van der Waals surface area (Å²) in [5.41, 5.74) is 0. The highest BCUT2D eigenvalue weighted by atomic mass is 19.2. The average molecular weight is 195 g/mol. The van der Waals surface area contributed by atoms with Crippen LogP contribution in [0.1, 0.15) is 6.92 Å². The van der Waals surface area contributed by atoms with Crippen molar-refractivity contribution in [3.05, 3.63) is 0 Å². The topological polar surface area (TPSA) is 23.8 Å². The maximum absolute atomic E-state index is 12.9. The molecule has 1 fully saturated rings. The summed E-state index contributed by atoms with van der Waals surface area (Å²) >= 11 is 0. The minimum absolute atomic E-state index is 1.10. The Bertz CT molecular complexity index is 211. The Morgan fingerprint density at radius 2 is 1.31 bits per heavy atom. The van der Waals surface area contributed by atoms with Crippen LogP contribution in [0.25, 0.3) is 0 Å². The molecule has 1 aliphatic carbocycles. The van der Waals surface area contributed by atoms with Gasteiger partial charge in [-0.25, -0.2) is 17.6 Å². The van der Waals surface area contributed by atoms with Crippen LogP contribution in [0, 0.1) is 23.2 Å². The molecule has 1 aliphatic rings. The summed E-state index contributed by atoms with van der Waals surface area (Å²) < 4.78 is 51.6. The largest absolute Gasteiger partial charge is 0.244 e. The SMILES string of the molecule is CC1C(F)C(F)C(C#N)C(F)C1F. The standard InChI is InChI=1S/C8H9F4N/c1-3-5(9)7(11)4(2-13)8(12)6(3)10/h3-8H,1H3. The zero-order valence-electron chi connectivity index (χ0n) is 6.92. The molecule has 0 spiro atoms. The highest BCUT2D eigenvalue weighted by molar-refractivity contribution is 5.05. The third kappa shape index (κ3) is 1.50. The van der Waals surface area contributed by atoms with E-state index in [2.05, 4.69) is 0 Å². The van der Waals surface area contributed by atoms with Crippen LogP contribution >= 0.6 is 0 Å². The second kappa shape index (κ2) is 3.52. The third-order valence-electron chi connectivity index (χ3n) is 2.45. The minimum atomic E-state index is -2.22. The molecule has 0 aliphatic heterocycles. The first-order chi connectivity index (χ1) is 6.00. The van der Waals surface area contributed by atoms with Crippen LogP contribution in [0.15, 0.2) is 0 Å². The van der Waals surface area contributed by atoms with E-state index < -0.39 is 36.5 Å². The highest BCUT2D eigenvalue weighted by Crippen LogP contribution is 2.37. The van der Waals surface area contributed by atoms with Crippen LogP contribution in [-0.4, -0.2) is 24.7 Å². The Morgan fingerprint density at radius 1 is 0.923 bits per heavy atom. The van der Waals surface area contributed by atoms with Crippen LogP contribution in [0.2, 0.25) is 0 Å². The first-order valence-corrected chi connectivity index (χ1v) is 3.96. The molecular weight excluding hydrogens is 186 g/mol. The van der Waals surface area contributed by atoms with Gasteiger partial charge in [-0.15, -0.1) is 0 Å². The number of halogens is 4. The van der Waals surface area contributed by atoms with Gasteiger partial charge in [0, 0.05) is 5.92 Å². The molecule has 0 aromatic carbocycles. The molecule has 74 valence electrons. The molecule has 0 saturated heterocycles. The Balaban J connectivity index is 2.87. The van der Waals surface area contributed by atoms with Crippen LogP contribution in [0.3, 0.4) is 0 Å². The first-order valence-electron chi connectivity index (χ1n) is 3.96. The number of alkyl halides is 4. The summed E-state index contributed by atoms with van der Waals surface area (Å²) in [6.07, 6.45) is -8.62. The summed E-state index contributed by atoms with van der Waals surface area (Å²) in [6.45, 7) is 1.10. The van der Waals surface area contributed by atoms with E-state index in [1.807, 2.05) is 0 Å². The molecule has 4 unspecified atom stereocenters. The molecule has 5 heteroatoms. The monoisotopic (exact) mass is 195 g/mol. The number of nitriles is 1. The maximum atomic E-state index is 12.9. The summed E-state index contributed by atoms with van der Waals surface area (Å²) in [5, 5.41) is 8.29. The van der Waals surface area contributed by atoms with Gasteiger partial charge in [0.15, 0.2) is 12.3 Å². The van der Waals surface area contributed by atoms with Gasteiger partial charge in [0.2, 0.25) is 0 Å². The smallest absolute Gasteiger partial charge is 0.150 e. The molecule has 13 heavy (non-hydrogen) atoms. The first kappa shape index (κ1) is 10.3. The molecule has 1 saturated carbocycles. The van der Waals surface area contributed by atoms with Gasteiger partial charge >= 0.3 is 0 Å². The molecule has 1 nitrogen and oxygen atoms in total. The molecular formula is C8H9F4N. The molecule has 0 aromatic rings. The Morgan fingerprint density at radius 3 is 1.62 bits per heavy atom. The van der Waals surface area contributed by atoms with Gasteiger partial charge in [0.25, 0.3) is 0 Å². The van der Waals surface area contributed by atoms with Gasteiger partial charge in [-0.1, -0.05) is 6.92 Å². The van der Waals surface area contributed by atoms with E-state index in [9.17, 15) is 17.6 Å². The van der Waals surface area contributed by atoms with Gasteiger partial charge in [-0.3, -0.25) is 0 Å². The normalized spacial score (nSPS) is 51.4. The fourth-order valence-corrected chi connectivity index (χ4v) is 1.47. The van der Waals surface area contributed by atoms with Crippen molar-refractivity contribution in [1.29, 1.82) is 5.26 Å². The fraction of sp³-hybridized carbons (Fsp3) is 0.875. The number of hydrogen-bond donors (Lipinski definition) is 0. The number of nitrogens with zero attached hydrogens (tertiary/aromatic N) is 1. The summed E-state index contributed by atoms with van der Waals surface area (Å²) in [4.78, 5) is 0. The van der Waals surface area contributed by atoms with Crippen molar-refractivity contribution in [1.82, 2.24) is 0 Å². The van der Waals surface area contributed by atoms with Crippen molar-refractivity contribution in [2.45, 2.75) is 31.6 Å². The number of rotatable bonds is 0. The quantitative estimate of drug-likeness (QED) is 0.543. The lowest BCUT2D eigenvalue weighted by Crippen LogP contribution is -2.50. The van der Waals surface area contributed by atoms with Crippen LogP contribution in [0.4, 0.5) is 17.6 Å². The van der Waals surface area contributed by atoms with Gasteiger partial charge in [0.05, 0.1) is 6.07 Å². The lowest BCUT2D eigenvalue weighted by atomic mass is 9.78. The lowest BCUT2D eigenvalue weighted by Gasteiger charge is -2.34. The average Bonchev–Trinajstić information content (AvgIpc) is 2.13. The maximum Gasteiger partial charge on any atom is 0.150 e. The van der Waals surface area contributed by atoms with Crippen molar-refractivity contribution in [3.8, 4) is 6.07 Å². The predicted octanol–water partition coefficient (Wildman–Crippen LogP) is 2.13. The molecule has 0 heterocycles. The summed E-state index contributed by atoms with van der Waals surface area (Å²) in [5.74, 6) is -3.14. The van der Waals surface area contributed by atoms with Crippen molar-refractivity contribution >= 4 is 0 Å². The number of hydrogen-bond acceptors (Lipinski definition) is 1. The predicted molar refractivity (Wildman–Crippen MR) is 37.9 cm³/mol. The van der Waals surface area contributed by atoms with Gasteiger partial charge in [0.1, 0.15) is 18.3 Å². The fourth-order valence-electron chi connectivity index (χ4n) is 1.47. The van der Waals surface area contributed by atoms with Crippen molar-refractivity contribution in [3.63, 3.8) is 0 Å². The molecule has 1 rings (SSSR count). The van der Waals surface area contributed by atoms with E-state index in [0.29, 0.717) is 0 Å². The van der Waals surface area contributed by atoms with Crippen LogP contribution in [0.5, 0.6) is 0 Å². The zero-order chi connectivity index (χ0) is 10.2. The lowest BCUT2D eigenvalue weighted by molar-refractivity contribution is -0.0543.